The number of alkyl halides is 3. The number of nitrogens with two attached hydrogens (primary N) is 1. The van der Waals surface area contributed by atoms with Gasteiger partial charge in [0, 0.05) is 35.6 Å². The molecule has 37 heavy (non-hydrogen) atoms. The predicted octanol–water partition coefficient (Wildman–Crippen LogP) is 5.02. The highest BCUT2D eigenvalue weighted by Crippen LogP contribution is 2.39. The molecule has 0 unspecified atom stereocenters. The van der Waals surface area contributed by atoms with Gasteiger partial charge in [-0.2, -0.15) is 13.2 Å². The first kappa shape index (κ1) is 27.9. The minimum atomic E-state index is -4.56. The van der Waals surface area contributed by atoms with Gasteiger partial charge in [-0.1, -0.05) is 19.8 Å². The number of carbonyl (C=O) groups excluding carboxylic acids is 2. The summed E-state index contributed by atoms with van der Waals surface area (Å²) in [6.45, 7) is 2.06. The average Bonchev–Trinajstić information content (AvgIpc) is 3.30. The summed E-state index contributed by atoms with van der Waals surface area (Å²) in [5.41, 5.74) is 6.26. The first-order chi connectivity index (χ1) is 17.6. The fourth-order valence-corrected chi connectivity index (χ4v) is 4.11. The molecule has 0 spiro atoms. The molecule has 0 saturated carbocycles. The second-order valence-electron chi connectivity index (χ2n) is 8.36. The molecule has 12 heteroatoms. The molecule has 0 radical (unpaired) electrons. The lowest BCUT2D eigenvalue weighted by molar-refractivity contribution is -0.139. The number of pyridine rings is 1. The lowest BCUT2D eigenvalue weighted by Gasteiger charge is -2.15. The van der Waals surface area contributed by atoms with Crippen LogP contribution in [0, 0.1) is 0 Å². The van der Waals surface area contributed by atoms with E-state index in [-0.39, 0.29) is 36.9 Å². The van der Waals surface area contributed by atoms with Crippen molar-refractivity contribution in [3.63, 3.8) is 0 Å². The van der Waals surface area contributed by atoms with Gasteiger partial charge >= 0.3 is 6.18 Å². The number of nitrogens with zero attached hydrogens (tertiary/aromatic N) is 3. The maximum Gasteiger partial charge on any atom is 0.420 e. The minimum Gasteiger partial charge on any atom is -0.493 e. The lowest BCUT2D eigenvalue weighted by Crippen LogP contribution is -2.36. The van der Waals surface area contributed by atoms with Crippen LogP contribution in [0.4, 0.5) is 24.0 Å². The number of rotatable bonds is 12. The lowest BCUT2D eigenvalue weighted by atomic mass is 10.1. The van der Waals surface area contributed by atoms with Crippen LogP contribution in [0.5, 0.6) is 5.75 Å². The zero-order chi connectivity index (χ0) is 27.0. The monoisotopic (exact) mass is 535 g/mol. The van der Waals surface area contributed by atoms with Crippen LogP contribution in [0.3, 0.4) is 0 Å². The largest absolute Gasteiger partial charge is 0.493 e. The Morgan fingerprint density at radius 1 is 1.19 bits per heavy atom. The van der Waals surface area contributed by atoms with E-state index in [9.17, 15) is 22.8 Å². The van der Waals surface area contributed by atoms with E-state index < -0.39 is 17.6 Å². The molecule has 0 atom stereocenters. The Kier molecular flexibility index (Phi) is 9.45. The third kappa shape index (κ3) is 8.17. The van der Waals surface area contributed by atoms with Gasteiger partial charge in [-0.15, -0.1) is 11.3 Å². The van der Waals surface area contributed by atoms with Gasteiger partial charge in [-0.3, -0.25) is 14.6 Å². The maximum absolute atomic E-state index is 13.6. The number of aromatic nitrogens is 2. The molecule has 0 aliphatic heterocycles. The Balaban J connectivity index is 1.67. The SMILES string of the molecule is CCCCCOc1ccc(Nc2nc(-c3ccc(CC(=O)N(C)CC(N)=O)nc3)cs2)cc1C(F)(F)F. The van der Waals surface area contributed by atoms with Gasteiger partial charge in [0.25, 0.3) is 0 Å². The average molecular weight is 536 g/mol. The standard InChI is InChI=1S/C25H28F3N5O3S/c1-3-4-5-10-36-21-9-8-18(11-19(21)25(26,27)28)31-24-32-20(15-37-24)16-6-7-17(30-13-16)12-23(35)33(2)14-22(29)34/h6-9,11,13,15H,3-5,10,12,14H2,1-2H3,(H2,29,34)(H,31,32). The molecule has 0 aliphatic carbocycles. The molecule has 198 valence electrons. The van der Waals surface area contributed by atoms with Crippen LogP contribution < -0.4 is 15.8 Å². The Morgan fingerprint density at radius 3 is 2.62 bits per heavy atom. The molecule has 3 N–H and O–H groups in total. The molecule has 1 aromatic carbocycles. The summed E-state index contributed by atoms with van der Waals surface area (Å²) in [7, 11) is 1.48. The number of nitrogens with one attached hydrogen (secondary N) is 1. The molecule has 0 aliphatic rings. The van der Waals surface area contributed by atoms with Gasteiger partial charge in [0.15, 0.2) is 5.13 Å². The van der Waals surface area contributed by atoms with Crippen molar-refractivity contribution in [2.24, 2.45) is 5.73 Å². The van der Waals surface area contributed by atoms with E-state index >= 15 is 0 Å². The van der Waals surface area contributed by atoms with Crippen LogP contribution in [0.15, 0.2) is 41.9 Å². The van der Waals surface area contributed by atoms with Gasteiger partial charge < -0.3 is 20.7 Å². The number of anilines is 2. The van der Waals surface area contributed by atoms with E-state index in [2.05, 4.69) is 15.3 Å². The summed E-state index contributed by atoms with van der Waals surface area (Å²) < 4.78 is 46.2. The predicted molar refractivity (Wildman–Crippen MR) is 136 cm³/mol. The summed E-state index contributed by atoms with van der Waals surface area (Å²) in [6.07, 6.45) is -0.471. The topological polar surface area (TPSA) is 110 Å². The summed E-state index contributed by atoms with van der Waals surface area (Å²) >= 11 is 1.23. The van der Waals surface area contributed by atoms with E-state index in [1.165, 1.54) is 35.4 Å². The Bertz CT molecular complexity index is 1220. The number of unbranched alkanes of at least 4 members (excludes halogenated alkanes) is 2. The van der Waals surface area contributed by atoms with Crippen LogP contribution in [0.25, 0.3) is 11.3 Å². The summed E-state index contributed by atoms with van der Waals surface area (Å²) in [5, 5.41) is 5.08. The Morgan fingerprint density at radius 2 is 1.97 bits per heavy atom. The van der Waals surface area contributed by atoms with Crippen molar-refractivity contribution in [1.29, 1.82) is 0 Å². The van der Waals surface area contributed by atoms with E-state index in [0.29, 0.717) is 28.5 Å². The third-order valence-electron chi connectivity index (χ3n) is 5.32. The maximum atomic E-state index is 13.6. The van der Waals surface area contributed by atoms with E-state index in [0.717, 1.165) is 18.9 Å². The van der Waals surface area contributed by atoms with E-state index in [1.807, 2.05) is 6.92 Å². The number of carbonyl (C=O) groups is 2. The van der Waals surface area contributed by atoms with Gasteiger partial charge in [0.2, 0.25) is 11.8 Å². The van der Waals surface area contributed by atoms with Crippen molar-refractivity contribution < 1.29 is 27.5 Å². The number of halogens is 3. The molecule has 8 nitrogen and oxygen atoms in total. The van der Waals surface area contributed by atoms with Crippen molar-refractivity contribution in [2.75, 3.05) is 25.5 Å². The molecular weight excluding hydrogens is 507 g/mol. The van der Waals surface area contributed by atoms with Crippen molar-refractivity contribution in [2.45, 2.75) is 38.8 Å². The first-order valence-corrected chi connectivity index (χ1v) is 12.5. The normalized spacial score (nSPS) is 11.3. The van der Waals surface area contributed by atoms with Gasteiger partial charge in [0.1, 0.15) is 5.75 Å². The number of likely N-dealkylation sites (N-methyl/N-ethyl adjacent to an activating group) is 1. The third-order valence-corrected chi connectivity index (χ3v) is 6.08. The highest BCUT2D eigenvalue weighted by molar-refractivity contribution is 7.14. The molecular formula is C25H28F3N5O3S. The van der Waals surface area contributed by atoms with E-state index in [4.69, 9.17) is 10.5 Å². The van der Waals surface area contributed by atoms with Crippen molar-refractivity contribution in [3.05, 3.63) is 53.2 Å². The molecule has 2 heterocycles. The van der Waals surface area contributed by atoms with Gasteiger partial charge in [-0.25, -0.2) is 4.98 Å². The zero-order valence-electron chi connectivity index (χ0n) is 20.5. The zero-order valence-corrected chi connectivity index (χ0v) is 21.3. The smallest absolute Gasteiger partial charge is 0.420 e. The first-order valence-electron chi connectivity index (χ1n) is 11.6. The summed E-state index contributed by atoms with van der Waals surface area (Å²) in [4.78, 5) is 33.1. The second-order valence-corrected chi connectivity index (χ2v) is 9.22. The summed E-state index contributed by atoms with van der Waals surface area (Å²) in [5.74, 6) is -1.09. The van der Waals surface area contributed by atoms with Crippen molar-refractivity contribution in [3.8, 4) is 17.0 Å². The van der Waals surface area contributed by atoms with Gasteiger partial charge in [-0.05, 0) is 36.8 Å². The highest BCUT2D eigenvalue weighted by Gasteiger charge is 2.34. The number of amides is 2. The number of thiazole rings is 1. The second kappa shape index (κ2) is 12.5. The molecule has 0 saturated heterocycles. The van der Waals surface area contributed by atoms with Crippen LogP contribution in [0.2, 0.25) is 0 Å². The van der Waals surface area contributed by atoms with Crippen molar-refractivity contribution >= 4 is 34.0 Å². The quantitative estimate of drug-likeness (QED) is 0.315. The molecule has 3 rings (SSSR count). The van der Waals surface area contributed by atoms with E-state index in [1.54, 1.807) is 23.7 Å². The highest BCUT2D eigenvalue weighted by atomic mass is 32.1. The van der Waals surface area contributed by atoms with Crippen LogP contribution in [-0.4, -0.2) is 46.9 Å². The van der Waals surface area contributed by atoms with Crippen LogP contribution in [0.1, 0.15) is 37.4 Å². The number of ether oxygens (including phenoxy) is 1. The molecule has 2 amide bonds. The number of hydrogen-bond acceptors (Lipinski definition) is 7. The molecule has 0 bridgehead atoms. The number of primary amides is 1. The van der Waals surface area contributed by atoms with Gasteiger partial charge in [0.05, 0.1) is 30.8 Å². The number of hydrogen-bond donors (Lipinski definition) is 2. The minimum absolute atomic E-state index is 0.00772. The van der Waals surface area contributed by atoms with Crippen LogP contribution >= 0.6 is 11.3 Å². The number of benzene rings is 1. The molecule has 0 fully saturated rings. The van der Waals surface area contributed by atoms with Crippen LogP contribution in [-0.2, 0) is 22.2 Å². The molecule has 3 aromatic rings. The molecule has 2 aromatic heterocycles. The fraction of sp³-hybridized carbons (Fsp3) is 0.360. The van der Waals surface area contributed by atoms with Crippen molar-refractivity contribution in [1.82, 2.24) is 14.9 Å². The Hall–Kier alpha value is -3.67. The fourth-order valence-electron chi connectivity index (χ4n) is 3.37. The Labute approximate surface area is 216 Å². The summed E-state index contributed by atoms with van der Waals surface area (Å²) in [6, 6.07) is 7.27.